The summed E-state index contributed by atoms with van der Waals surface area (Å²) >= 11 is 0. The topological polar surface area (TPSA) is 49.7 Å². The van der Waals surface area contributed by atoms with Crippen molar-refractivity contribution < 1.29 is 14.6 Å². The number of hydrogen-bond donors (Lipinski definition) is 2. The summed E-state index contributed by atoms with van der Waals surface area (Å²) in [4.78, 5) is 0. The van der Waals surface area contributed by atoms with Crippen LogP contribution >= 0.6 is 0 Å². The number of benzene rings is 2. The molecule has 0 amide bonds. The summed E-state index contributed by atoms with van der Waals surface area (Å²) in [5.41, 5.74) is 0. The zero-order valence-electron chi connectivity index (χ0n) is 11.4. The lowest BCUT2D eigenvalue weighted by Gasteiger charge is -2.06. The molecule has 1 aliphatic heterocycles. The highest BCUT2D eigenvalue weighted by Crippen LogP contribution is 2.03. The maximum atomic E-state index is 8.63. The number of hydrogen-bond acceptors (Lipinski definition) is 3. The van der Waals surface area contributed by atoms with E-state index in [2.05, 4.69) is 0 Å². The highest BCUT2D eigenvalue weighted by Gasteiger charge is 1.97. The average molecular weight is 288 g/mol. The maximum Gasteiger partial charge on any atom is 0.229 e. The number of para-hydroxylation sites is 2. The Hall–Kier alpha value is -1.78. The van der Waals surface area contributed by atoms with Gasteiger partial charge in [0.1, 0.15) is 11.5 Å². The molecule has 0 bridgehead atoms. The van der Waals surface area contributed by atoms with Crippen LogP contribution in [0.15, 0.2) is 60.7 Å². The first-order valence-electron chi connectivity index (χ1n) is 6.61. The van der Waals surface area contributed by atoms with Gasteiger partial charge >= 0.3 is 0 Å². The number of aromatic hydroxyl groups is 2. The van der Waals surface area contributed by atoms with Crippen LogP contribution in [0.5, 0.6) is 11.5 Å². The molecule has 1 saturated heterocycles. The Morgan fingerprint density at radius 2 is 1.25 bits per heavy atom. The van der Waals surface area contributed by atoms with Crippen LogP contribution < -0.4 is 0 Å². The van der Waals surface area contributed by atoms with Crippen LogP contribution in [0.4, 0.5) is 0 Å². The van der Waals surface area contributed by atoms with E-state index in [1.54, 1.807) is 48.5 Å². The van der Waals surface area contributed by atoms with Crippen molar-refractivity contribution in [3.05, 3.63) is 60.7 Å². The minimum absolute atomic E-state index is 0.322. The molecule has 0 spiro atoms. The molecule has 2 radical (unpaired) electrons. The Bertz CT molecular complexity index is 381. The van der Waals surface area contributed by atoms with Gasteiger partial charge in [0.15, 0.2) is 0 Å². The van der Waals surface area contributed by atoms with Gasteiger partial charge in [0, 0.05) is 6.61 Å². The third kappa shape index (κ3) is 9.19. The minimum Gasteiger partial charge on any atom is -0.508 e. The summed E-state index contributed by atoms with van der Waals surface area (Å²) in [5, 5.41) is 17.3. The van der Waals surface area contributed by atoms with E-state index >= 15 is 0 Å². The quantitative estimate of drug-likeness (QED) is 0.728. The normalized spacial score (nSPS) is 13.2. The second-order valence-corrected chi connectivity index (χ2v) is 5.20. The Kier molecular flexibility index (Phi) is 9.01. The van der Waals surface area contributed by atoms with Crippen molar-refractivity contribution in [2.24, 2.45) is 0 Å². The van der Waals surface area contributed by atoms with E-state index < -0.39 is 0 Å². The maximum absolute atomic E-state index is 8.63. The molecule has 20 heavy (non-hydrogen) atoms. The molecule has 0 aliphatic carbocycles. The minimum atomic E-state index is 0.322. The van der Waals surface area contributed by atoms with E-state index in [9.17, 15) is 0 Å². The molecule has 0 saturated carbocycles. The summed E-state index contributed by atoms with van der Waals surface area (Å²) < 4.78 is 5.10. The highest BCUT2D eigenvalue weighted by atomic mass is 28.2. The Labute approximate surface area is 122 Å². The molecule has 106 valence electrons. The number of phenols is 2. The lowest BCUT2D eigenvalue weighted by atomic mass is 10.3. The molecule has 2 N–H and O–H groups in total. The van der Waals surface area contributed by atoms with Crippen molar-refractivity contribution >= 4 is 9.76 Å². The highest BCUT2D eigenvalue weighted by molar-refractivity contribution is 6.27. The Morgan fingerprint density at radius 1 is 0.750 bits per heavy atom. The molecule has 3 rings (SSSR count). The van der Waals surface area contributed by atoms with Gasteiger partial charge in [0.25, 0.3) is 0 Å². The Morgan fingerprint density at radius 3 is 1.40 bits per heavy atom. The third-order valence-electron chi connectivity index (χ3n) is 2.39. The largest absolute Gasteiger partial charge is 0.508 e. The second kappa shape index (κ2) is 11.1. The van der Waals surface area contributed by atoms with Crippen molar-refractivity contribution in [2.75, 3.05) is 6.61 Å². The summed E-state index contributed by atoms with van der Waals surface area (Å²) in [6, 6.07) is 18.7. The fraction of sp³-hybridized carbons (Fsp3) is 0.250. The van der Waals surface area contributed by atoms with Gasteiger partial charge in [-0.1, -0.05) is 42.8 Å². The fourth-order valence-electron chi connectivity index (χ4n) is 1.37. The van der Waals surface area contributed by atoms with Crippen molar-refractivity contribution in [2.45, 2.75) is 18.9 Å². The number of phenolic OH excluding ortho intramolecular Hbond substituents is 2. The Balaban J connectivity index is 0.000000151. The van der Waals surface area contributed by atoms with Gasteiger partial charge in [0.05, 0.1) is 0 Å². The molecule has 4 heteroatoms. The van der Waals surface area contributed by atoms with E-state index in [0.29, 0.717) is 11.5 Å². The fourth-order valence-corrected chi connectivity index (χ4v) is 2.20. The van der Waals surface area contributed by atoms with E-state index in [1.807, 2.05) is 12.1 Å². The molecule has 2 aromatic rings. The number of rotatable bonds is 0. The first-order chi connectivity index (χ1) is 9.79. The summed E-state index contributed by atoms with van der Waals surface area (Å²) in [6.07, 6.45) is 2.67. The molecule has 1 fully saturated rings. The predicted molar refractivity (Wildman–Crippen MR) is 82.0 cm³/mol. The van der Waals surface area contributed by atoms with Crippen LogP contribution in [-0.2, 0) is 4.43 Å². The monoisotopic (exact) mass is 288 g/mol. The van der Waals surface area contributed by atoms with Crippen LogP contribution in [0.3, 0.4) is 0 Å². The molecule has 0 unspecified atom stereocenters. The van der Waals surface area contributed by atoms with E-state index in [4.69, 9.17) is 14.6 Å². The van der Waals surface area contributed by atoms with Crippen molar-refractivity contribution in [3.8, 4) is 11.5 Å². The van der Waals surface area contributed by atoms with Gasteiger partial charge < -0.3 is 14.6 Å². The van der Waals surface area contributed by atoms with Crippen LogP contribution in [0.1, 0.15) is 12.8 Å². The van der Waals surface area contributed by atoms with E-state index in [1.165, 1.54) is 18.9 Å². The molecular weight excluding hydrogens is 268 g/mol. The molecule has 1 aliphatic rings. The van der Waals surface area contributed by atoms with Crippen LogP contribution in [0, 0.1) is 0 Å². The molecule has 0 atom stereocenters. The zero-order chi connectivity index (χ0) is 14.5. The van der Waals surface area contributed by atoms with Gasteiger partial charge in [-0.15, -0.1) is 0 Å². The van der Waals surface area contributed by atoms with Crippen LogP contribution in [0.25, 0.3) is 0 Å². The van der Waals surface area contributed by atoms with Gasteiger partial charge in [0.2, 0.25) is 9.76 Å². The third-order valence-corrected chi connectivity index (χ3v) is 3.36. The SMILES string of the molecule is C1CC[Si]OC1.Oc1ccccc1.Oc1ccccc1. The molecular formula is C16H20O3Si. The van der Waals surface area contributed by atoms with E-state index in [0.717, 1.165) is 16.4 Å². The smallest absolute Gasteiger partial charge is 0.229 e. The van der Waals surface area contributed by atoms with Gasteiger partial charge in [-0.3, -0.25) is 0 Å². The average Bonchev–Trinajstić information content (AvgIpc) is 2.52. The van der Waals surface area contributed by atoms with Crippen LogP contribution in [-0.4, -0.2) is 26.6 Å². The first kappa shape index (κ1) is 16.3. The van der Waals surface area contributed by atoms with Gasteiger partial charge in [-0.2, -0.15) is 0 Å². The molecule has 2 aromatic carbocycles. The summed E-state index contributed by atoms with van der Waals surface area (Å²) in [6.45, 7) is 1.01. The lowest BCUT2D eigenvalue weighted by Crippen LogP contribution is -2.06. The second-order valence-electron chi connectivity index (χ2n) is 4.12. The standard InChI is InChI=1S/2C6H6O.C4H8OSi/c2*7-6-4-2-1-3-5-6;1-2-4-6-5-3-1/h2*1-5,7H;1-4H2. The summed E-state index contributed by atoms with van der Waals surface area (Å²) in [7, 11) is 0.802. The zero-order valence-corrected chi connectivity index (χ0v) is 12.4. The summed E-state index contributed by atoms with van der Waals surface area (Å²) in [5.74, 6) is 0.644. The van der Waals surface area contributed by atoms with Gasteiger partial charge in [-0.25, -0.2) is 0 Å². The predicted octanol–water partition coefficient (Wildman–Crippen LogP) is 3.62. The van der Waals surface area contributed by atoms with Crippen molar-refractivity contribution in [1.29, 1.82) is 0 Å². The van der Waals surface area contributed by atoms with E-state index in [-0.39, 0.29) is 0 Å². The van der Waals surface area contributed by atoms with Crippen molar-refractivity contribution in [1.82, 2.24) is 0 Å². The van der Waals surface area contributed by atoms with Crippen molar-refractivity contribution in [3.63, 3.8) is 0 Å². The van der Waals surface area contributed by atoms with Crippen LogP contribution in [0.2, 0.25) is 6.04 Å². The van der Waals surface area contributed by atoms with Gasteiger partial charge in [-0.05, 0) is 36.7 Å². The molecule has 0 aromatic heterocycles. The lowest BCUT2D eigenvalue weighted by molar-refractivity contribution is 0.304. The molecule has 1 heterocycles. The molecule has 3 nitrogen and oxygen atoms in total. The first-order valence-corrected chi connectivity index (χ1v) is 7.73.